The SMILES string of the molecule is CCO/C=C(/C#N)c1nc(-c2ccccc2)cs1. The van der Waals surface area contributed by atoms with Crippen molar-refractivity contribution in [1.29, 1.82) is 5.26 Å². The molecule has 0 atom stereocenters. The fraction of sp³-hybridized carbons (Fsp3) is 0.143. The van der Waals surface area contributed by atoms with Crippen LogP contribution in [0.25, 0.3) is 16.8 Å². The molecule has 0 aliphatic rings. The molecule has 0 spiro atoms. The highest BCUT2D eigenvalue weighted by Gasteiger charge is 2.08. The molecule has 2 aromatic rings. The van der Waals surface area contributed by atoms with Gasteiger partial charge in [-0.2, -0.15) is 5.26 Å². The predicted molar refractivity (Wildman–Crippen MR) is 72.8 cm³/mol. The van der Waals surface area contributed by atoms with Crippen LogP contribution in [-0.4, -0.2) is 11.6 Å². The van der Waals surface area contributed by atoms with Crippen molar-refractivity contribution >= 4 is 16.9 Å². The van der Waals surface area contributed by atoms with Gasteiger partial charge in [-0.15, -0.1) is 11.3 Å². The highest BCUT2D eigenvalue weighted by molar-refractivity contribution is 7.11. The van der Waals surface area contributed by atoms with Crippen LogP contribution in [0.1, 0.15) is 11.9 Å². The minimum atomic E-state index is 0.462. The summed E-state index contributed by atoms with van der Waals surface area (Å²) in [6.07, 6.45) is 1.47. The topological polar surface area (TPSA) is 45.9 Å². The average molecular weight is 256 g/mol. The summed E-state index contributed by atoms with van der Waals surface area (Å²) < 4.78 is 5.14. The molecular weight excluding hydrogens is 244 g/mol. The number of nitriles is 1. The van der Waals surface area contributed by atoms with Gasteiger partial charge in [-0.05, 0) is 6.92 Å². The van der Waals surface area contributed by atoms with Gasteiger partial charge in [0.2, 0.25) is 0 Å². The molecule has 18 heavy (non-hydrogen) atoms. The lowest BCUT2D eigenvalue weighted by atomic mass is 10.2. The third kappa shape index (κ3) is 2.76. The number of ether oxygens (including phenoxy) is 1. The van der Waals surface area contributed by atoms with Crippen LogP contribution in [0.3, 0.4) is 0 Å². The zero-order valence-corrected chi connectivity index (χ0v) is 10.8. The molecule has 1 aromatic heterocycles. The summed E-state index contributed by atoms with van der Waals surface area (Å²) in [5.74, 6) is 0. The van der Waals surface area contributed by atoms with Crippen LogP contribution in [0.15, 0.2) is 42.0 Å². The molecule has 4 heteroatoms. The van der Waals surface area contributed by atoms with Gasteiger partial charge in [0.05, 0.1) is 12.3 Å². The fourth-order valence-electron chi connectivity index (χ4n) is 1.43. The second kappa shape index (κ2) is 5.99. The lowest BCUT2D eigenvalue weighted by molar-refractivity contribution is 0.271. The van der Waals surface area contributed by atoms with E-state index in [4.69, 9.17) is 10.00 Å². The van der Waals surface area contributed by atoms with Crippen LogP contribution in [-0.2, 0) is 4.74 Å². The maximum absolute atomic E-state index is 9.05. The minimum Gasteiger partial charge on any atom is -0.500 e. The van der Waals surface area contributed by atoms with Crippen molar-refractivity contribution in [2.75, 3.05) is 6.61 Å². The number of benzene rings is 1. The number of nitrogens with zero attached hydrogens (tertiary/aromatic N) is 2. The zero-order valence-electron chi connectivity index (χ0n) is 9.96. The van der Waals surface area contributed by atoms with Crippen molar-refractivity contribution in [3.8, 4) is 17.3 Å². The molecule has 0 aliphatic carbocycles. The van der Waals surface area contributed by atoms with Gasteiger partial charge in [0.15, 0.2) is 0 Å². The largest absolute Gasteiger partial charge is 0.500 e. The van der Waals surface area contributed by atoms with Crippen LogP contribution in [0.4, 0.5) is 0 Å². The summed E-state index contributed by atoms with van der Waals surface area (Å²) in [6.45, 7) is 2.42. The second-order valence-electron chi connectivity index (χ2n) is 3.50. The molecule has 2 rings (SSSR count). The van der Waals surface area contributed by atoms with Gasteiger partial charge in [-0.1, -0.05) is 30.3 Å². The molecule has 3 nitrogen and oxygen atoms in total. The molecular formula is C14H12N2OS. The van der Waals surface area contributed by atoms with Crippen molar-refractivity contribution in [1.82, 2.24) is 4.98 Å². The molecule has 0 bridgehead atoms. The molecule has 0 saturated carbocycles. The lowest BCUT2D eigenvalue weighted by Crippen LogP contribution is -1.85. The van der Waals surface area contributed by atoms with E-state index in [0.29, 0.717) is 17.2 Å². The Bertz CT molecular complexity index is 581. The van der Waals surface area contributed by atoms with Crippen LogP contribution in [0.5, 0.6) is 0 Å². The summed E-state index contributed by atoms with van der Waals surface area (Å²) in [6, 6.07) is 12.0. The van der Waals surface area contributed by atoms with Gasteiger partial charge >= 0.3 is 0 Å². The van der Waals surface area contributed by atoms with Crippen LogP contribution in [0, 0.1) is 11.3 Å². The Morgan fingerprint density at radius 1 is 1.44 bits per heavy atom. The third-order valence-corrected chi connectivity index (χ3v) is 3.17. The Labute approximate surface area is 110 Å². The number of rotatable bonds is 4. The van der Waals surface area contributed by atoms with Gasteiger partial charge in [-0.25, -0.2) is 4.98 Å². The molecule has 0 saturated heterocycles. The fourth-order valence-corrected chi connectivity index (χ4v) is 2.21. The Kier molecular flexibility index (Phi) is 4.11. The van der Waals surface area contributed by atoms with Crippen LogP contribution >= 0.6 is 11.3 Å². The second-order valence-corrected chi connectivity index (χ2v) is 4.36. The number of allylic oxidation sites excluding steroid dienone is 1. The Morgan fingerprint density at radius 2 is 2.22 bits per heavy atom. The van der Waals surface area contributed by atoms with Crippen molar-refractivity contribution in [2.24, 2.45) is 0 Å². The Balaban J connectivity index is 2.28. The molecule has 1 aromatic carbocycles. The van der Waals surface area contributed by atoms with E-state index in [1.807, 2.05) is 42.6 Å². The van der Waals surface area contributed by atoms with E-state index in [9.17, 15) is 0 Å². The first-order valence-electron chi connectivity index (χ1n) is 5.58. The normalized spacial score (nSPS) is 11.0. The summed E-state index contributed by atoms with van der Waals surface area (Å²) in [7, 11) is 0. The maximum atomic E-state index is 9.05. The molecule has 0 aliphatic heterocycles. The first kappa shape index (κ1) is 12.3. The molecule has 0 fully saturated rings. The van der Waals surface area contributed by atoms with E-state index in [1.165, 1.54) is 17.6 Å². The first-order chi connectivity index (χ1) is 8.85. The Hall–Kier alpha value is -2.12. The van der Waals surface area contributed by atoms with Crippen molar-refractivity contribution in [2.45, 2.75) is 6.92 Å². The number of hydrogen-bond acceptors (Lipinski definition) is 4. The first-order valence-corrected chi connectivity index (χ1v) is 6.46. The molecule has 0 amide bonds. The highest BCUT2D eigenvalue weighted by atomic mass is 32.1. The molecule has 0 radical (unpaired) electrons. The van der Waals surface area contributed by atoms with Crippen molar-refractivity contribution in [3.05, 3.63) is 47.0 Å². The molecule has 90 valence electrons. The van der Waals surface area contributed by atoms with E-state index in [0.717, 1.165) is 11.3 Å². The van der Waals surface area contributed by atoms with E-state index >= 15 is 0 Å². The summed E-state index contributed by atoms with van der Waals surface area (Å²) in [5, 5.41) is 11.7. The van der Waals surface area contributed by atoms with E-state index in [-0.39, 0.29) is 0 Å². The van der Waals surface area contributed by atoms with Gasteiger partial charge in [0.1, 0.15) is 22.9 Å². The summed E-state index contributed by atoms with van der Waals surface area (Å²) in [5.41, 5.74) is 2.39. The molecule has 0 unspecified atom stereocenters. The van der Waals surface area contributed by atoms with E-state index in [2.05, 4.69) is 11.1 Å². The lowest BCUT2D eigenvalue weighted by Gasteiger charge is -1.96. The van der Waals surface area contributed by atoms with Gasteiger partial charge in [0, 0.05) is 10.9 Å². The third-order valence-electron chi connectivity index (χ3n) is 2.29. The van der Waals surface area contributed by atoms with E-state index < -0.39 is 0 Å². The standard InChI is InChI=1S/C14H12N2OS/c1-2-17-9-12(8-15)14-16-13(10-18-14)11-6-4-3-5-7-11/h3-7,9-10H,2H2,1H3/b12-9-. The Morgan fingerprint density at radius 3 is 2.89 bits per heavy atom. The minimum absolute atomic E-state index is 0.462. The maximum Gasteiger partial charge on any atom is 0.137 e. The quantitative estimate of drug-likeness (QED) is 0.618. The van der Waals surface area contributed by atoms with Crippen molar-refractivity contribution < 1.29 is 4.74 Å². The van der Waals surface area contributed by atoms with Gasteiger partial charge in [-0.3, -0.25) is 0 Å². The number of thiazole rings is 1. The summed E-state index contributed by atoms with van der Waals surface area (Å²) >= 11 is 1.45. The number of hydrogen-bond donors (Lipinski definition) is 0. The summed E-state index contributed by atoms with van der Waals surface area (Å²) in [4.78, 5) is 4.45. The van der Waals surface area contributed by atoms with Crippen LogP contribution < -0.4 is 0 Å². The monoisotopic (exact) mass is 256 g/mol. The van der Waals surface area contributed by atoms with Gasteiger partial charge in [0.25, 0.3) is 0 Å². The highest BCUT2D eigenvalue weighted by Crippen LogP contribution is 2.25. The van der Waals surface area contributed by atoms with Gasteiger partial charge < -0.3 is 4.74 Å². The predicted octanol–water partition coefficient (Wildman–Crippen LogP) is 3.71. The average Bonchev–Trinajstić information content (AvgIpc) is 2.90. The smallest absolute Gasteiger partial charge is 0.137 e. The van der Waals surface area contributed by atoms with Crippen molar-refractivity contribution in [3.63, 3.8) is 0 Å². The number of aromatic nitrogens is 1. The van der Waals surface area contributed by atoms with E-state index in [1.54, 1.807) is 0 Å². The molecule has 1 heterocycles. The zero-order chi connectivity index (χ0) is 12.8. The molecule has 0 N–H and O–H groups in total. The van der Waals surface area contributed by atoms with Crippen LogP contribution in [0.2, 0.25) is 0 Å².